The molecule has 0 unspecified atom stereocenters. The second kappa shape index (κ2) is 9.13. The summed E-state index contributed by atoms with van der Waals surface area (Å²) in [5.74, 6) is 0.0537. The third-order valence-electron chi connectivity index (χ3n) is 4.70. The van der Waals surface area contributed by atoms with Crippen LogP contribution < -0.4 is 10.1 Å². The van der Waals surface area contributed by atoms with Crippen molar-refractivity contribution in [1.29, 1.82) is 0 Å². The van der Waals surface area contributed by atoms with Gasteiger partial charge in [0, 0.05) is 6.54 Å². The number of halogens is 1. The van der Waals surface area contributed by atoms with Crippen LogP contribution in [0.4, 0.5) is 4.39 Å². The molecule has 6 nitrogen and oxygen atoms in total. The van der Waals surface area contributed by atoms with Crippen LogP contribution in [0.5, 0.6) is 5.75 Å². The Labute approximate surface area is 174 Å². The van der Waals surface area contributed by atoms with E-state index in [0.29, 0.717) is 5.75 Å². The number of carbonyl (C=O) groups is 1. The molecule has 1 atom stereocenters. The summed E-state index contributed by atoms with van der Waals surface area (Å²) in [6.45, 7) is 1.31. The monoisotopic (exact) mass is 431 g/mol. The van der Waals surface area contributed by atoms with Gasteiger partial charge in [-0.15, -0.1) is 0 Å². The summed E-state index contributed by atoms with van der Waals surface area (Å²) in [5.41, 5.74) is 0.984. The Morgan fingerprint density at radius 1 is 1.17 bits per heavy atom. The van der Waals surface area contributed by atoms with Crippen LogP contribution in [-0.2, 0) is 21.1 Å². The summed E-state index contributed by atoms with van der Waals surface area (Å²) in [5, 5.41) is 1.53. The van der Waals surface area contributed by atoms with Crippen molar-refractivity contribution < 1.29 is 26.8 Å². The zero-order valence-electron chi connectivity index (χ0n) is 16.6. The zero-order valence-corrected chi connectivity index (χ0v) is 17.4. The minimum atomic E-state index is -3.93. The smallest absolute Gasteiger partial charge is 0.224 e. The summed E-state index contributed by atoms with van der Waals surface area (Å²) in [7, 11) is -2.38. The lowest BCUT2D eigenvalue weighted by molar-refractivity contribution is -0.120. The minimum absolute atomic E-state index is 0.0350. The highest BCUT2D eigenvalue weighted by Crippen LogP contribution is 2.30. The Hall–Kier alpha value is -3.13. The van der Waals surface area contributed by atoms with Gasteiger partial charge in [-0.05, 0) is 60.5 Å². The number of carbonyl (C=O) groups excluding carboxylic acids is 1. The largest absolute Gasteiger partial charge is 0.497 e. The number of nitrogens with one attached hydrogen (secondary N) is 1. The third kappa shape index (κ3) is 4.88. The van der Waals surface area contributed by atoms with Gasteiger partial charge in [0.1, 0.15) is 22.6 Å². The molecule has 0 aliphatic heterocycles. The molecule has 0 aliphatic carbocycles. The Kier molecular flexibility index (Phi) is 6.56. The van der Waals surface area contributed by atoms with Gasteiger partial charge >= 0.3 is 0 Å². The first-order valence-electron chi connectivity index (χ1n) is 9.24. The fourth-order valence-electron chi connectivity index (χ4n) is 2.99. The van der Waals surface area contributed by atoms with Crippen molar-refractivity contribution in [3.05, 3.63) is 83.6 Å². The number of hydrogen-bond acceptors (Lipinski definition) is 5. The van der Waals surface area contributed by atoms with E-state index in [9.17, 15) is 17.6 Å². The van der Waals surface area contributed by atoms with Crippen molar-refractivity contribution in [1.82, 2.24) is 5.32 Å². The number of hydrogen-bond donors (Lipinski definition) is 1. The summed E-state index contributed by atoms with van der Waals surface area (Å²) < 4.78 is 50.4. The van der Waals surface area contributed by atoms with E-state index >= 15 is 0 Å². The van der Waals surface area contributed by atoms with Gasteiger partial charge in [-0.1, -0.05) is 12.1 Å². The molecule has 0 fully saturated rings. The van der Waals surface area contributed by atoms with Gasteiger partial charge in [-0.3, -0.25) is 4.79 Å². The van der Waals surface area contributed by atoms with Crippen molar-refractivity contribution >= 4 is 15.7 Å². The summed E-state index contributed by atoms with van der Waals surface area (Å²) in [6, 6.07) is 13.7. The molecule has 0 spiro atoms. The van der Waals surface area contributed by atoms with Crippen molar-refractivity contribution in [2.24, 2.45) is 0 Å². The summed E-state index contributed by atoms with van der Waals surface area (Å²) in [6.07, 6.45) is 1.46. The number of benzene rings is 2. The van der Waals surface area contributed by atoms with E-state index in [2.05, 4.69) is 5.32 Å². The summed E-state index contributed by atoms with van der Waals surface area (Å²) in [4.78, 5) is 12.4. The molecule has 0 aliphatic rings. The van der Waals surface area contributed by atoms with Gasteiger partial charge in [0.15, 0.2) is 9.84 Å². The maximum absolute atomic E-state index is 13.6. The molecule has 0 bridgehead atoms. The van der Waals surface area contributed by atoms with E-state index in [1.54, 1.807) is 37.4 Å². The fourth-order valence-corrected chi connectivity index (χ4v) is 4.66. The van der Waals surface area contributed by atoms with E-state index in [1.165, 1.54) is 31.4 Å². The molecule has 8 heteroatoms. The van der Waals surface area contributed by atoms with Gasteiger partial charge in [-0.25, -0.2) is 12.8 Å². The van der Waals surface area contributed by atoms with Crippen LogP contribution in [0.2, 0.25) is 0 Å². The predicted octanol–water partition coefficient (Wildman–Crippen LogP) is 3.61. The molecule has 0 radical (unpaired) electrons. The van der Waals surface area contributed by atoms with Crippen LogP contribution in [0, 0.1) is 12.7 Å². The van der Waals surface area contributed by atoms with Crippen molar-refractivity contribution in [2.45, 2.75) is 23.5 Å². The van der Waals surface area contributed by atoms with Crippen molar-refractivity contribution in [3.63, 3.8) is 0 Å². The Balaban J connectivity index is 1.77. The quantitative estimate of drug-likeness (QED) is 0.551. The number of furan rings is 1. The van der Waals surface area contributed by atoms with Crippen LogP contribution in [-0.4, -0.2) is 28.0 Å². The zero-order chi connectivity index (χ0) is 21.7. The van der Waals surface area contributed by atoms with Gasteiger partial charge < -0.3 is 14.5 Å². The average Bonchev–Trinajstić information content (AvgIpc) is 3.25. The maximum atomic E-state index is 13.6. The minimum Gasteiger partial charge on any atom is -0.497 e. The van der Waals surface area contributed by atoms with Crippen molar-refractivity contribution in [2.75, 3.05) is 13.7 Å². The molecular weight excluding hydrogens is 409 g/mol. The summed E-state index contributed by atoms with van der Waals surface area (Å²) >= 11 is 0. The van der Waals surface area contributed by atoms with E-state index in [1.807, 2.05) is 0 Å². The predicted molar refractivity (Wildman–Crippen MR) is 109 cm³/mol. The number of methoxy groups -OCH3 is 1. The lowest BCUT2D eigenvalue weighted by atomic mass is 10.1. The SMILES string of the molecule is COc1ccc(CC(=O)NC[C@H](c2ccco2)S(=O)(=O)c2ccc(F)c(C)c2)cc1. The Morgan fingerprint density at radius 2 is 1.90 bits per heavy atom. The lowest BCUT2D eigenvalue weighted by Crippen LogP contribution is -2.32. The molecule has 1 heterocycles. The molecule has 0 saturated carbocycles. The second-order valence-corrected chi connectivity index (χ2v) is 8.92. The first kappa shape index (κ1) is 21.6. The van der Waals surface area contributed by atoms with Crippen LogP contribution in [0.1, 0.15) is 22.1 Å². The Bertz CT molecular complexity index is 1110. The highest BCUT2D eigenvalue weighted by Gasteiger charge is 2.32. The topological polar surface area (TPSA) is 85.6 Å². The molecule has 1 aromatic heterocycles. The number of aryl methyl sites for hydroxylation is 1. The molecule has 1 N–H and O–H groups in total. The average molecular weight is 431 g/mol. The van der Waals surface area contributed by atoms with Crippen LogP contribution in [0.15, 0.2) is 70.2 Å². The molecule has 3 aromatic rings. The Morgan fingerprint density at radius 3 is 2.50 bits per heavy atom. The first-order chi connectivity index (χ1) is 14.3. The molecule has 30 heavy (non-hydrogen) atoms. The standard InChI is InChI=1S/C22H22FNO5S/c1-15-12-18(9-10-19(15)23)30(26,27)21(20-4-3-11-29-20)14-24-22(25)13-16-5-7-17(28-2)8-6-16/h3-12,21H,13-14H2,1-2H3,(H,24,25)/t21-/m1/s1. The van der Waals surface area contributed by atoms with Crippen LogP contribution >= 0.6 is 0 Å². The van der Waals surface area contributed by atoms with Crippen LogP contribution in [0.25, 0.3) is 0 Å². The molecule has 158 valence electrons. The second-order valence-electron chi connectivity index (χ2n) is 6.79. The van der Waals surface area contributed by atoms with Crippen LogP contribution in [0.3, 0.4) is 0 Å². The highest BCUT2D eigenvalue weighted by atomic mass is 32.2. The van der Waals surface area contributed by atoms with Gasteiger partial charge in [0.2, 0.25) is 5.91 Å². The molecule has 0 saturated heterocycles. The van der Waals surface area contributed by atoms with E-state index in [0.717, 1.165) is 11.6 Å². The van der Waals surface area contributed by atoms with Gasteiger partial charge in [-0.2, -0.15) is 0 Å². The van der Waals surface area contributed by atoms with Gasteiger partial charge in [0.05, 0.1) is 24.7 Å². The maximum Gasteiger partial charge on any atom is 0.224 e. The number of sulfone groups is 1. The molecule has 2 aromatic carbocycles. The number of amides is 1. The normalized spacial score (nSPS) is 12.4. The highest BCUT2D eigenvalue weighted by molar-refractivity contribution is 7.91. The number of ether oxygens (including phenoxy) is 1. The molecule has 1 amide bonds. The van der Waals surface area contributed by atoms with Crippen molar-refractivity contribution in [3.8, 4) is 5.75 Å². The first-order valence-corrected chi connectivity index (χ1v) is 10.8. The fraction of sp³-hybridized carbons (Fsp3) is 0.227. The lowest BCUT2D eigenvalue weighted by Gasteiger charge is -2.17. The van der Waals surface area contributed by atoms with E-state index in [-0.39, 0.29) is 35.1 Å². The van der Waals surface area contributed by atoms with E-state index < -0.39 is 20.9 Å². The third-order valence-corrected chi connectivity index (χ3v) is 6.76. The van der Waals surface area contributed by atoms with Gasteiger partial charge in [0.25, 0.3) is 0 Å². The molecule has 3 rings (SSSR count). The molecular formula is C22H22FNO5S. The van der Waals surface area contributed by atoms with E-state index in [4.69, 9.17) is 9.15 Å². The number of rotatable bonds is 8.